The number of carbonyl (C=O) groups excluding carboxylic acids is 1. The number of esters is 1. The number of carbonyl (C=O) groups is 1. The zero-order valence-electron chi connectivity index (χ0n) is 15.1. The summed E-state index contributed by atoms with van der Waals surface area (Å²) >= 11 is 0. The van der Waals surface area contributed by atoms with E-state index in [9.17, 15) is 4.79 Å². The summed E-state index contributed by atoms with van der Waals surface area (Å²) in [5.74, 6) is 0.287. The average Bonchev–Trinajstić information content (AvgIpc) is 2.82. The molecule has 0 bridgehead atoms. The van der Waals surface area contributed by atoms with Gasteiger partial charge in [-0.15, -0.1) is 0 Å². The van der Waals surface area contributed by atoms with Crippen LogP contribution < -0.4 is 4.74 Å². The Labute approximate surface area is 148 Å². The van der Waals surface area contributed by atoms with Crippen molar-refractivity contribution in [2.45, 2.75) is 32.9 Å². The fourth-order valence-electron chi connectivity index (χ4n) is 3.13. The van der Waals surface area contributed by atoms with Crippen molar-refractivity contribution in [3.05, 3.63) is 47.3 Å². The molecule has 0 unspecified atom stereocenters. The molecule has 0 radical (unpaired) electrons. The second-order valence-corrected chi connectivity index (χ2v) is 6.52. The highest BCUT2D eigenvalue weighted by molar-refractivity contribution is 5.73. The third kappa shape index (κ3) is 4.46. The molecule has 1 aromatic heterocycles. The monoisotopic (exact) mass is 343 g/mol. The number of ether oxygens (including phenoxy) is 2. The van der Waals surface area contributed by atoms with Crippen LogP contribution in [-0.4, -0.2) is 46.5 Å². The molecule has 1 atom stereocenters. The number of hydrogen-bond donors (Lipinski definition) is 0. The van der Waals surface area contributed by atoms with Gasteiger partial charge in [0.05, 0.1) is 24.8 Å². The van der Waals surface area contributed by atoms with Crippen LogP contribution in [0, 0.1) is 13.8 Å². The minimum atomic E-state index is -0.272. The van der Waals surface area contributed by atoms with E-state index in [0.29, 0.717) is 12.4 Å². The summed E-state index contributed by atoms with van der Waals surface area (Å²) in [4.78, 5) is 14.6. The summed E-state index contributed by atoms with van der Waals surface area (Å²) in [6.45, 7) is 6.85. The van der Waals surface area contributed by atoms with Crippen molar-refractivity contribution in [1.29, 1.82) is 0 Å². The van der Waals surface area contributed by atoms with E-state index in [2.05, 4.69) is 22.1 Å². The van der Waals surface area contributed by atoms with Crippen molar-refractivity contribution in [3.63, 3.8) is 0 Å². The number of rotatable bonds is 5. The second kappa shape index (κ2) is 7.80. The van der Waals surface area contributed by atoms with Crippen molar-refractivity contribution in [2.75, 3.05) is 19.7 Å². The topological polar surface area (TPSA) is 56.6 Å². The van der Waals surface area contributed by atoms with Crippen molar-refractivity contribution in [3.8, 4) is 5.75 Å². The maximum absolute atomic E-state index is 12.3. The third-order valence-corrected chi connectivity index (χ3v) is 4.52. The van der Waals surface area contributed by atoms with Gasteiger partial charge in [-0.1, -0.05) is 30.3 Å². The summed E-state index contributed by atoms with van der Waals surface area (Å²) in [5.41, 5.74) is 2.84. The SMILES string of the molecule is Cc1nn(C)c(C)c1OC(=O)C[C@@H]1CN(Cc2ccccc2)CCO1. The van der Waals surface area contributed by atoms with Gasteiger partial charge in [-0.05, 0) is 19.4 Å². The maximum Gasteiger partial charge on any atom is 0.314 e. The number of benzene rings is 1. The van der Waals surface area contributed by atoms with E-state index >= 15 is 0 Å². The smallest absolute Gasteiger partial charge is 0.314 e. The van der Waals surface area contributed by atoms with Crippen LogP contribution in [0.2, 0.25) is 0 Å². The van der Waals surface area contributed by atoms with Crippen molar-refractivity contribution >= 4 is 5.97 Å². The lowest BCUT2D eigenvalue weighted by Gasteiger charge is -2.32. The van der Waals surface area contributed by atoms with Crippen LogP contribution in [0.25, 0.3) is 0 Å². The van der Waals surface area contributed by atoms with Gasteiger partial charge in [0.2, 0.25) is 0 Å². The summed E-state index contributed by atoms with van der Waals surface area (Å²) in [7, 11) is 1.84. The Kier molecular flexibility index (Phi) is 5.50. The minimum Gasteiger partial charge on any atom is -0.422 e. The van der Waals surface area contributed by atoms with Crippen LogP contribution in [0.15, 0.2) is 30.3 Å². The molecule has 0 spiro atoms. The molecular formula is C19H25N3O3. The van der Waals surface area contributed by atoms with Gasteiger partial charge < -0.3 is 9.47 Å². The molecule has 1 saturated heterocycles. The van der Waals surface area contributed by atoms with Gasteiger partial charge >= 0.3 is 5.97 Å². The van der Waals surface area contributed by atoms with E-state index in [0.717, 1.165) is 31.0 Å². The molecule has 134 valence electrons. The number of aryl methyl sites for hydroxylation is 2. The fourth-order valence-corrected chi connectivity index (χ4v) is 3.13. The van der Waals surface area contributed by atoms with Gasteiger partial charge in [-0.25, -0.2) is 0 Å². The highest BCUT2D eigenvalue weighted by Gasteiger charge is 2.25. The molecule has 2 aromatic rings. The molecule has 0 saturated carbocycles. The Morgan fingerprint density at radius 1 is 1.32 bits per heavy atom. The molecule has 1 aliphatic rings. The molecule has 1 aromatic carbocycles. The number of morpholine rings is 1. The second-order valence-electron chi connectivity index (χ2n) is 6.52. The zero-order chi connectivity index (χ0) is 17.8. The molecule has 0 N–H and O–H groups in total. The van der Waals surface area contributed by atoms with E-state index in [4.69, 9.17) is 9.47 Å². The van der Waals surface area contributed by atoms with Crippen molar-refractivity contribution in [2.24, 2.45) is 7.05 Å². The number of nitrogens with zero attached hydrogens (tertiary/aromatic N) is 3. The molecule has 3 rings (SSSR count). The van der Waals surface area contributed by atoms with E-state index < -0.39 is 0 Å². The predicted octanol–water partition coefficient (Wildman–Crippen LogP) is 2.23. The van der Waals surface area contributed by atoms with Crippen LogP contribution in [0.5, 0.6) is 5.75 Å². The maximum atomic E-state index is 12.3. The van der Waals surface area contributed by atoms with E-state index in [1.165, 1.54) is 5.56 Å². The first-order valence-corrected chi connectivity index (χ1v) is 8.61. The van der Waals surface area contributed by atoms with Gasteiger partial charge in [-0.3, -0.25) is 14.4 Å². The Balaban J connectivity index is 1.54. The quantitative estimate of drug-likeness (QED) is 0.779. The zero-order valence-corrected chi connectivity index (χ0v) is 15.1. The van der Waals surface area contributed by atoms with E-state index in [1.807, 2.05) is 39.1 Å². The van der Waals surface area contributed by atoms with Crippen molar-refractivity contribution < 1.29 is 14.3 Å². The summed E-state index contributed by atoms with van der Waals surface area (Å²) in [6, 6.07) is 10.3. The predicted molar refractivity (Wildman–Crippen MR) is 94.4 cm³/mol. The Hall–Kier alpha value is -2.18. The van der Waals surface area contributed by atoms with Crippen molar-refractivity contribution in [1.82, 2.24) is 14.7 Å². The minimum absolute atomic E-state index is 0.137. The molecule has 6 nitrogen and oxygen atoms in total. The van der Waals surface area contributed by atoms with Crippen LogP contribution >= 0.6 is 0 Å². The lowest BCUT2D eigenvalue weighted by molar-refractivity contribution is -0.139. The number of hydrogen-bond acceptors (Lipinski definition) is 5. The third-order valence-electron chi connectivity index (χ3n) is 4.52. The standard InChI is InChI=1S/C19H25N3O3/c1-14-19(15(2)21(3)20-14)25-18(23)11-17-13-22(9-10-24-17)12-16-7-5-4-6-8-16/h4-8,17H,9-13H2,1-3H3/t17-/m1/s1. The molecular weight excluding hydrogens is 318 g/mol. The fraction of sp³-hybridized carbons (Fsp3) is 0.474. The average molecular weight is 343 g/mol. The van der Waals surface area contributed by atoms with Gasteiger partial charge in [0.15, 0.2) is 5.75 Å². The molecule has 25 heavy (non-hydrogen) atoms. The van der Waals surface area contributed by atoms with Gasteiger partial charge in [0, 0.05) is 26.7 Å². The summed E-state index contributed by atoms with van der Waals surface area (Å²) in [5, 5.41) is 4.27. The van der Waals surface area contributed by atoms with Gasteiger partial charge in [-0.2, -0.15) is 5.10 Å². The molecule has 0 amide bonds. The number of aromatic nitrogens is 2. The molecule has 1 aliphatic heterocycles. The van der Waals surface area contributed by atoms with Crippen LogP contribution in [0.3, 0.4) is 0 Å². The van der Waals surface area contributed by atoms with Gasteiger partial charge in [0.25, 0.3) is 0 Å². The van der Waals surface area contributed by atoms with Crippen LogP contribution in [0.1, 0.15) is 23.4 Å². The highest BCUT2D eigenvalue weighted by Crippen LogP contribution is 2.22. The lowest BCUT2D eigenvalue weighted by atomic mass is 10.1. The molecule has 6 heteroatoms. The normalized spacial score (nSPS) is 18.3. The molecule has 1 fully saturated rings. The lowest BCUT2D eigenvalue weighted by Crippen LogP contribution is -2.43. The first-order valence-electron chi connectivity index (χ1n) is 8.61. The van der Waals surface area contributed by atoms with Crippen LogP contribution in [-0.2, 0) is 23.1 Å². The molecule has 2 heterocycles. The Morgan fingerprint density at radius 3 is 2.76 bits per heavy atom. The van der Waals surface area contributed by atoms with Crippen LogP contribution in [0.4, 0.5) is 0 Å². The van der Waals surface area contributed by atoms with Gasteiger partial charge in [0.1, 0.15) is 5.69 Å². The largest absolute Gasteiger partial charge is 0.422 e. The first kappa shape index (κ1) is 17.6. The van der Waals surface area contributed by atoms with E-state index in [-0.39, 0.29) is 18.5 Å². The first-order chi connectivity index (χ1) is 12.0. The van der Waals surface area contributed by atoms with E-state index in [1.54, 1.807) is 4.68 Å². The Bertz CT molecular complexity index is 727. The Morgan fingerprint density at radius 2 is 2.08 bits per heavy atom. The highest BCUT2D eigenvalue weighted by atomic mass is 16.5. The molecule has 0 aliphatic carbocycles. The summed E-state index contributed by atoms with van der Waals surface area (Å²) in [6.07, 6.45) is 0.112. The summed E-state index contributed by atoms with van der Waals surface area (Å²) < 4.78 is 13.0.